The van der Waals surface area contributed by atoms with Gasteiger partial charge < -0.3 is 5.73 Å². The van der Waals surface area contributed by atoms with E-state index in [1.54, 1.807) is 18.2 Å². The van der Waals surface area contributed by atoms with Crippen LogP contribution in [0.4, 0.5) is 10.1 Å². The minimum absolute atomic E-state index is 0.0882. The minimum Gasteiger partial charge on any atom is -0.399 e. The highest BCUT2D eigenvalue weighted by Gasteiger charge is 2.12. The van der Waals surface area contributed by atoms with Crippen molar-refractivity contribution < 1.29 is 8.60 Å². The number of hydrogen-bond acceptors (Lipinski definition) is 3. The van der Waals surface area contributed by atoms with Crippen LogP contribution in [0.2, 0.25) is 0 Å². The molecule has 3 nitrogen and oxygen atoms in total. The molecule has 0 heterocycles. The Labute approximate surface area is 119 Å². The zero-order valence-electron chi connectivity index (χ0n) is 10.9. The summed E-state index contributed by atoms with van der Waals surface area (Å²) in [5.74, 6) is -0.356. The maximum absolute atomic E-state index is 13.3. The highest BCUT2D eigenvalue weighted by atomic mass is 32.2. The molecule has 102 valence electrons. The maximum Gasteiger partial charge on any atom is 0.123 e. The largest absolute Gasteiger partial charge is 0.399 e. The van der Waals surface area contributed by atoms with Crippen LogP contribution in [0.5, 0.6) is 0 Å². The summed E-state index contributed by atoms with van der Waals surface area (Å²) in [6, 6.07) is 11.0. The predicted octanol–water partition coefficient (Wildman–Crippen LogP) is 2.90. The molecule has 1 atom stereocenters. The van der Waals surface area contributed by atoms with E-state index in [1.165, 1.54) is 18.2 Å². The second-order valence-electron chi connectivity index (χ2n) is 4.43. The molecule has 0 aliphatic carbocycles. The molecule has 0 saturated carbocycles. The third kappa shape index (κ3) is 3.03. The number of nitrogens with two attached hydrogens (primary N) is 1. The van der Waals surface area contributed by atoms with Crippen molar-refractivity contribution in [3.63, 3.8) is 0 Å². The monoisotopic (exact) mass is 288 g/mol. The molecule has 20 heavy (non-hydrogen) atoms. The van der Waals surface area contributed by atoms with E-state index in [0.29, 0.717) is 21.7 Å². The first kappa shape index (κ1) is 14.2. The third-order valence-electron chi connectivity index (χ3n) is 2.93. The van der Waals surface area contributed by atoms with Crippen molar-refractivity contribution in [1.29, 1.82) is 5.26 Å². The highest BCUT2D eigenvalue weighted by molar-refractivity contribution is 7.84. The smallest absolute Gasteiger partial charge is 0.123 e. The molecule has 1 unspecified atom stereocenters. The number of halogens is 1. The summed E-state index contributed by atoms with van der Waals surface area (Å²) >= 11 is 0. The third-order valence-corrected chi connectivity index (χ3v) is 4.44. The summed E-state index contributed by atoms with van der Waals surface area (Å²) in [6.45, 7) is 1.84. The average Bonchev–Trinajstić information content (AvgIpc) is 2.41. The molecule has 0 radical (unpaired) electrons. The fourth-order valence-electron chi connectivity index (χ4n) is 1.87. The summed E-state index contributed by atoms with van der Waals surface area (Å²) in [4.78, 5) is 0.609. The topological polar surface area (TPSA) is 66.9 Å². The van der Waals surface area contributed by atoms with E-state index in [0.717, 1.165) is 5.56 Å². The zero-order valence-corrected chi connectivity index (χ0v) is 11.7. The molecule has 0 amide bonds. The SMILES string of the molecule is Cc1ccc(N)cc1S(=O)Cc1cc(F)ccc1C#N. The average molecular weight is 288 g/mol. The molecular formula is C15H13FN2OS. The molecule has 0 aromatic heterocycles. The molecule has 0 spiro atoms. The summed E-state index contributed by atoms with van der Waals surface area (Å²) in [6.07, 6.45) is 0. The van der Waals surface area contributed by atoms with Gasteiger partial charge in [-0.1, -0.05) is 6.07 Å². The van der Waals surface area contributed by atoms with Crippen LogP contribution < -0.4 is 5.73 Å². The number of rotatable bonds is 3. The van der Waals surface area contributed by atoms with Gasteiger partial charge in [-0.3, -0.25) is 4.21 Å². The molecule has 2 N–H and O–H groups in total. The van der Waals surface area contributed by atoms with E-state index >= 15 is 0 Å². The van der Waals surface area contributed by atoms with Crippen LogP contribution in [-0.2, 0) is 16.6 Å². The van der Waals surface area contributed by atoms with E-state index in [4.69, 9.17) is 11.0 Å². The molecule has 2 aromatic rings. The van der Waals surface area contributed by atoms with Crippen molar-refractivity contribution in [2.45, 2.75) is 17.6 Å². The summed E-state index contributed by atoms with van der Waals surface area (Å²) in [5, 5.41) is 9.00. The van der Waals surface area contributed by atoms with Crippen LogP contribution in [0.1, 0.15) is 16.7 Å². The molecule has 2 rings (SSSR count). The van der Waals surface area contributed by atoms with Gasteiger partial charge in [-0.05, 0) is 48.4 Å². The fraction of sp³-hybridized carbons (Fsp3) is 0.133. The Morgan fingerprint density at radius 3 is 2.75 bits per heavy atom. The fourth-order valence-corrected chi connectivity index (χ4v) is 3.24. The van der Waals surface area contributed by atoms with Gasteiger partial charge in [0.15, 0.2) is 0 Å². The summed E-state index contributed by atoms with van der Waals surface area (Å²) < 4.78 is 25.6. The lowest BCUT2D eigenvalue weighted by molar-refractivity contribution is 0.626. The minimum atomic E-state index is -1.37. The van der Waals surface area contributed by atoms with E-state index in [2.05, 4.69) is 0 Å². The van der Waals surface area contributed by atoms with E-state index in [1.807, 2.05) is 13.0 Å². The molecular weight excluding hydrogens is 275 g/mol. The lowest BCUT2D eigenvalue weighted by Gasteiger charge is -2.08. The number of aryl methyl sites for hydroxylation is 1. The Morgan fingerprint density at radius 2 is 2.05 bits per heavy atom. The van der Waals surface area contributed by atoms with Crippen molar-refractivity contribution in [2.24, 2.45) is 0 Å². The van der Waals surface area contributed by atoms with Crippen LogP contribution in [0.3, 0.4) is 0 Å². The van der Waals surface area contributed by atoms with Gasteiger partial charge in [-0.15, -0.1) is 0 Å². The Kier molecular flexibility index (Phi) is 4.16. The number of nitriles is 1. The predicted molar refractivity (Wildman–Crippen MR) is 76.8 cm³/mol. The van der Waals surface area contributed by atoms with Crippen molar-refractivity contribution in [3.05, 3.63) is 58.9 Å². The number of anilines is 1. The van der Waals surface area contributed by atoms with Crippen LogP contribution in [0, 0.1) is 24.1 Å². The van der Waals surface area contributed by atoms with Crippen LogP contribution in [0.15, 0.2) is 41.3 Å². The standard InChI is InChI=1S/C15H13FN2OS/c1-10-2-5-14(18)7-15(10)20(19)9-12-6-13(16)4-3-11(12)8-17/h2-7H,9,18H2,1H3. The molecule has 0 aliphatic heterocycles. The lowest BCUT2D eigenvalue weighted by Crippen LogP contribution is -2.02. The van der Waals surface area contributed by atoms with Crippen molar-refractivity contribution in [3.8, 4) is 6.07 Å². The van der Waals surface area contributed by atoms with Crippen molar-refractivity contribution >= 4 is 16.5 Å². The van der Waals surface area contributed by atoms with Gasteiger partial charge in [0.05, 0.1) is 28.2 Å². The Hall–Kier alpha value is -2.19. The van der Waals surface area contributed by atoms with E-state index < -0.39 is 16.6 Å². The van der Waals surface area contributed by atoms with Crippen LogP contribution in [-0.4, -0.2) is 4.21 Å². The highest BCUT2D eigenvalue weighted by Crippen LogP contribution is 2.21. The van der Waals surface area contributed by atoms with Crippen molar-refractivity contribution in [2.75, 3.05) is 5.73 Å². The van der Waals surface area contributed by atoms with Gasteiger partial charge in [-0.2, -0.15) is 5.26 Å². The Bertz CT molecular complexity index is 722. The quantitative estimate of drug-likeness (QED) is 0.883. The van der Waals surface area contributed by atoms with Gasteiger partial charge in [0.1, 0.15) is 5.82 Å². The molecule has 0 fully saturated rings. The van der Waals surface area contributed by atoms with E-state index in [9.17, 15) is 8.60 Å². The molecule has 5 heteroatoms. The molecule has 0 bridgehead atoms. The Balaban J connectivity index is 2.35. The zero-order chi connectivity index (χ0) is 14.7. The van der Waals surface area contributed by atoms with Gasteiger partial charge in [0.25, 0.3) is 0 Å². The van der Waals surface area contributed by atoms with Gasteiger partial charge in [0.2, 0.25) is 0 Å². The first-order valence-electron chi connectivity index (χ1n) is 5.94. The summed E-state index contributed by atoms with van der Waals surface area (Å²) in [7, 11) is -1.37. The second kappa shape index (κ2) is 5.85. The number of nitrogens with zero attached hydrogens (tertiary/aromatic N) is 1. The first-order chi connectivity index (χ1) is 9.51. The molecule has 0 aliphatic rings. The molecule has 2 aromatic carbocycles. The number of nitrogen functional groups attached to an aromatic ring is 1. The van der Waals surface area contributed by atoms with Gasteiger partial charge in [-0.25, -0.2) is 4.39 Å². The van der Waals surface area contributed by atoms with Gasteiger partial charge >= 0.3 is 0 Å². The molecule has 0 saturated heterocycles. The van der Waals surface area contributed by atoms with Gasteiger partial charge in [0, 0.05) is 10.6 Å². The number of hydrogen-bond donors (Lipinski definition) is 1. The van der Waals surface area contributed by atoms with Crippen LogP contribution in [0.25, 0.3) is 0 Å². The van der Waals surface area contributed by atoms with Crippen LogP contribution >= 0.6 is 0 Å². The summed E-state index contributed by atoms with van der Waals surface area (Å²) in [5.41, 5.74) is 7.84. The maximum atomic E-state index is 13.3. The number of benzene rings is 2. The first-order valence-corrected chi connectivity index (χ1v) is 7.26. The normalized spacial score (nSPS) is 11.8. The van der Waals surface area contributed by atoms with Crippen molar-refractivity contribution in [1.82, 2.24) is 0 Å². The Morgan fingerprint density at radius 1 is 1.30 bits per heavy atom. The van der Waals surface area contributed by atoms with E-state index in [-0.39, 0.29) is 5.75 Å². The second-order valence-corrected chi connectivity index (χ2v) is 5.85. The lowest BCUT2D eigenvalue weighted by atomic mass is 10.1.